The molecule has 76 valence electrons. The molecule has 2 nitrogen and oxygen atoms in total. The molecule has 2 heteroatoms. The number of nitrogens with zero attached hydrogens (tertiary/aromatic N) is 1. The predicted octanol–water partition coefficient (Wildman–Crippen LogP) is 2.72. The lowest BCUT2D eigenvalue weighted by atomic mass is 9.77. The van der Waals surface area contributed by atoms with E-state index >= 15 is 0 Å². The van der Waals surface area contributed by atoms with Gasteiger partial charge >= 0.3 is 0 Å². The second kappa shape index (κ2) is 5.24. The fourth-order valence-corrected chi connectivity index (χ4v) is 1.53. The van der Waals surface area contributed by atoms with Crippen molar-refractivity contribution in [1.29, 1.82) is 5.26 Å². The maximum Gasteiger partial charge on any atom is 0.0802 e. The van der Waals surface area contributed by atoms with Gasteiger partial charge in [0.1, 0.15) is 0 Å². The number of aliphatic hydroxyl groups is 1. The maximum atomic E-state index is 10.2. The molecule has 0 aromatic carbocycles. The molecule has 0 aliphatic carbocycles. The van der Waals surface area contributed by atoms with Crippen molar-refractivity contribution >= 4 is 0 Å². The fourth-order valence-electron chi connectivity index (χ4n) is 1.53. The van der Waals surface area contributed by atoms with Crippen LogP contribution in [0.3, 0.4) is 0 Å². The average molecular weight is 183 g/mol. The molecule has 3 atom stereocenters. The predicted molar refractivity (Wildman–Crippen MR) is 54.1 cm³/mol. The van der Waals surface area contributed by atoms with Crippen LogP contribution in [0.2, 0.25) is 0 Å². The molecule has 0 spiro atoms. The first-order chi connectivity index (χ1) is 6.00. The minimum atomic E-state index is -0.834. The van der Waals surface area contributed by atoms with Gasteiger partial charge < -0.3 is 5.11 Å². The normalized spacial score (nSPS) is 20.0. The van der Waals surface area contributed by atoms with Gasteiger partial charge in [-0.2, -0.15) is 5.26 Å². The number of rotatable bonds is 5. The topological polar surface area (TPSA) is 44.0 Å². The number of nitriles is 1. The Hall–Kier alpha value is -0.550. The van der Waals surface area contributed by atoms with Crippen LogP contribution in [0.5, 0.6) is 0 Å². The Morgan fingerprint density at radius 1 is 1.46 bits per heavy atom. The van der Waals surface area contributed by atoms with E-state index in [0.29, 0.717) is 0 Å². The van der Waals surface area contributed by atoms with E-state index in [9.17, 15) is 5.11 Å². The van der Waals surface area contributed by atoms with Gasteiger partial charge in [0.2, 0.25) is 0 Å². The van der Waals surface area contributed by atoms with Crippen LogP contribution in [0.25, 0.3) is 0 Å². The smallest absolute Gasteiger partial charge is 0.0802 e. The van der Waals surface area contributed by atoms with Gasteiger partial charge in [-0.25, -0.2) is 0 Å². The van der Waals surface area contributed by atoms with Crippen LogP contribution in [-0.2, 0) is 0 Å². The van der Waals surface area contributed by atoms with E-state index < -0.39 is 5.60 Å². The summed E-state index contributed by atoms with van der Waals surface area (Å²) in [6.07, 6.45) is 2.65. The highest BCUT2D eigenvalue weighted by molar-refractivity contribution is 4.98. The molecule has 0 heterocycles. The molecule has 0 bridgehead atoms. The van der Waals surface area contributed by atoms with Gasteiger partial charge in [0.25, 0.3) is 0 Å². The second-order valence-electron chi connectivity index (χ2n) is 4.01. The van der Waals surface area contributed by atoms with Crippen molar-refractivity contribution in [2.75, 3.05) is 0 Å². The maximum absolute atomic E-state index is 10.2. The molecule has 13 heavy (non-hydrogen) atoms. The first kappa shape index (κ1) is 12.4. The van der Waals surface area contributed by atoms with Crippen molar-refractivity contribution in [2.45, 2.75) is 52.6 Å². The van der Waals surface area contributed by atoms with Crippen molar-refractivity contribution < 1.29 is 5.11 Å². The molecule has 0 aliphatic rings. The zero-order chi connectivity index (χ0) is 10.5. The van der Waals surface area contributed by atoms with Crippen LogP contribution in [0, 0.1) is 23.2 Å². The molecule has 3 unspecified atom stereocenters. The van der Waals surface area contributed by atoms with E-state index in [-0.39, 0.29) is 11.8 Å². The van der Waals surface area contributed by atoms with Crippen LogP contribution < -0.4 is 0 Å². The first-order valence-corrected chi connectivity index (χ1v) is 5.12. The molecule has 0 amide bonds. The lowest BCUT2D eigenvalue weighted by Crippen LogP contribution is -2.40. The summed E-state index contributed by atoms with van der Waals surface area (Å²) in [7, 11) is 0. The zero-order valence-corrected chi connectivity index (χ0v) is 9.17. The molecule has 0 rings (SSSR count). The van der Waals surface area contributed by atoms with E-state index in [1.54, 1.807) is 6.92 Å². The Morgan fingerprint density at radius 2 is 2.00 bits per heavy atom. The summed E-state index contributed by atoms with van der Waals surface area (Å²) in [5.41, 5.74) is -0.834. The van der Waals surface area contributed by atoms with Gasteiger partial charge in [0.15, 0.2) is 0 Å². The summed E-state index contributed by atoms with van der Waals surface area (Å²) in [5, 5.41) is 19.1. The average Bonchev–Trinajstić information content (AvgIpc) is 2.12. The largest absolute Gasteiger partial charge is 0.389 e. The molecule has 0 aromatic rings. The summed E-state index contributed by atoms with van der Waals surface area (Å²) >= 11 is 0. The summed E-state index contributed by atoms with van der Waals surface area (Å²) in [6, 6.07) is 2.21. The van der Waals surface area contributed by atoms with E-state index in [1.807, 2.05) is 20.8 Å². The first-order valence-electron chi connectivity index (χ1n) is 5.12. The van der Waals surface area contributed by atoms with Gasteiger partial charge in [-0.3, -0.25) is 0 Å². The summed E-state index contributed by atoms with van der Waals surface area (Å²) < 4.78 is 0. The van der Waals surface area contributed by atoms with Crippen molar-refractivity contribution in [3.63, 3.8) is 0 Å². The monoisotopic (exact) mass is 183 g/mol. The van der Waals surface area contributed by atoms with E-state index in [2.05, 4.69) is 6.07 Å². The summed E-state index contributed by atoms with van der Waals surface area (Å²) in [6.45, 7) is 7.86. The Morgan fingerprint density at radius 3 is 2.31 bits per heavy atom. The third-order valence-corrected chi connectivity index (χ3v) is 3.05. The van der Waals surface area contributed by atoms with Crippen molar-refractivity contribution in [3.05, 3.63) is 0 Å². The number of hydrogen-bond donors (Lipinski definition) is 1. The van der Waals surface area contributed by atoms with Crippen LogP contribution in [0.4, 0.5) is 0 Å². The Bertz CT molecular complexity index is 181. The summed E-state index contributed by atoms with van der Waals surface area (Å²) in [5.74, 6) is -0.0452. The van der Waals surface area contributed by atoms with Crippen LogP contribution in [0.15, 0.2) is 0 Å². The van der Waals surface area contributed by atoms with Crippen molar-refractivity contribution in [1.82, 2.24) is 0 Å². The van der Waals surface area contributed by atoms with Gasteiger partial charge in [-0.15, -0.1) is 0 Å². The van der Waals surface area contributed by atoms with Gasteiger partial charge in [-0.05, 0) is 19.3 Å². The Kier molecular flexibility index (Phi) is 5.02. The van der Waals surface area contributed by atoms with E-state index in [4.69, 9.17) is 5.26 Å². The minimum Gasteiger partial charge on any atom is -0.389 e. The SMILES string of the molecule is CCCC(C#N)C(C)(O)C(C)CC. The van der Waals surface area contributed by atoms with Gasteiger partial charge in [-0.1, -0.05) is 33.6 Å². The molecule has 1 N–H and O–H groups in total. The Balaban J connectivity index is 4.48. The highest BCUT2D eigenvalue weighted by Gasteiger charge is 2.35. The molecule has 0 saturated carbocycles. The third-order valence-electron chi connectivity index (χ3n) is 3.05. The molecular weight excluding hydrogens is 162 g/mol. The molecular formula is C11H21NO. The van der Waals surface area contributed by atoms with Crippen LogP contribution in [0.1, 0.15) is 47.0 Å². The highest BCUT2D eigenvalue weighted by Crippen LogP contribution is 2.30. The standard InChI is InChI=1S/C11H21NO/c1-5-7-10(8-12)11(4,13)9(3)6-2/h9-10,13H,5-7H2,1-4H3. The van der Waals surface area contributed by atoms with Crippen LogP contribution in [-0.4, -0.2) is 10.7 Å². The third kappa shape index (κ3) is 3.00. The molecule has 0 radical (unpaired) electrons. The fraction of sp³-hybridized carbons (Fsp3) is 0.909. The highest BCUT2D eigenvalue weighted by atomic mass is 16.3. The molecule has 0 aliphatic heterocycles. The summed E-state index contributed by atoms with van der Waals surface area (Å²) in [4.78, 5) is 0. The second-order valence-corrected chi connectivity index (χ2v) is 4.01. The van der Waals surface area contributed by atoms with Crippen LogP contribution >= 0.6 is 0 Å². The minimum absolute atomic E-state index is 0.184. The van der Waals surface area contributed by atoms with E-state index in [0.717, 1.165) is 19.3 Å². The van der Waals surface area contributed by atoms with Crippen molar-refractivity contribution in [2.24, 2.45) is 11.8 Å². The van der Waals surface area contributed by atoms with Crippen molar-refractivity contribution in [3.8, 4) is 6.07 Å². The molecule has 0 fully saturated rings. The molecule has 0 saturated heterocycles. The molecule has 0 aromatic heterocycles. The lowest BCUT2D eigenvalue weighted by Gasteiger charge is -2.33. The van der Waals surface area contributed by atoms with E-state index in [1.165, 1.54) is 0 Å². The quantitative estimate of drug-likeness (QED) is 0.712. The zero-order valence-electron chi connectivity index (χ0n) is 9.17. The number of hydrogen-bond acceptors (Lipinski definition) is 2. The Labute approximate surface area is 81.6 Å². The lowest BCUT2D eigenvalue weighted by molar-refractivity contribution is -0.0328. The van der Waals surface area contributed by atoms with Gasteiger partial charge in [0.05, 0.1) is 17.6 Å². The van der Waals surface area contributed by atoms with Gasteiger partial charge in [0, 0.05) is 0 Å².